The van der Waals surface area contributed by atoms with Crippen molar-refractivity contribution < 1.29 is 52.3 Å². The molecule has 0 heterocycles. The van der Waals surface area contributed by atoms with Crippen molar-refractivity contribution in [3.63, 3.8) is 0 Å². The Labute approximate surface area is 197 Å². The molecule has 12 nitrogen and oxygen atoms in total. The lowest BCUT2D eigenvalue weighted by Crippen LogP contribution is -2.41. The summed E-state index contributed by atoms with van der Waals surface area (Å²) in [4.78, 5) is 47.1. The van der Waals surface area contributed by atoms with Gasteiger partial charge >= 0.3 is 24.4 Å². The number of hydrogen-bond donors (Lipinski definition) is 1. The van der Waals surface area contributed by atoms with E-state index in [4.69, 9.17) is 33.2 Å². The average Bonchev–Trinajstić information content (AvgIpc) is 2.81. The molecule has 12 heteroatoms. The molecule has 0 unspecified atom stereocenters. The minimum atomic E-state index is -0.997. The lowest BCUT2D eigenvalue weighted by Gasteiger charge is -2.17. The second kappa shape index (κ2) is 16.1. The molecule has 0 aliphatic heterocycles. The highest BCUT2D eigenvalue weighted by Crippen LogP contribution is 2.30. The van der Waals surface area contributed by atoms with Gasteiger partial charge in [0.05, 0.1) is 26.9 Å². The summed E-state index contributed by atoms with van der Waals surface area (Å²) >= 11 is 0. The number of nitrogens with one attached hydrogen (secondary N) is 1. The molecular formula is C22H31NO11. The average molecular weight is 485 g/mol. The van der Waals surface area contributed by atoms with E-state index >= 15 is 0 Å². The van der Waals surface area contributed by atoms with Gasteiger partial charge < -0.3 is 38.5 Å². The summed E-state index contributed by atoms with van der Waals surface area (Å²) < 4.78 is 34.2. The fourth-order valence-electron chi connectivity index (χ4n) is 2.53. The smallest absolute Gasteiger partial charge is 0.468 e. The van der Waals surface area contributed by atoms with Gasteiger partial charge in [-0.3, -0.25) is 4.79 Å². The SMILES string of the molecule is CCCOC(=O)OCCN[C@@H](Cc1ccc(OC(=O)OCC)c(OC(=O)OCC)c1)C(=O)OC. The number of carbonyl (C=O) groups excluding carboxylic acids is 4. The topological polar surface area (TPSA) is 145 Å². The van der Waals surface area contributed by atoms with Crippen molar-refractivity contribution in [2.75, 3.05) is 40.1 Å². The highest BCUT2D eigenvalue weighted by atomic mass is 16.7. The molecule has 0 saturated heterocycles. The van der Waals surface area contributed by atoms with Crippen molar-refractivity contribution in [1.82, 2.24) is 5.32 Å². The Morgan fingerprint density at radius 1 is 0.824 bits per heavy atom. The van der Waals surface area contributed by atoms with Crippen LogP contribution in [0.15, 0.2) is 18.2 Å². The summed E-state index contributed by atoms with van der Waals surface area (Å²) in [7, 11) is 1.24. The van der Waals surface area contributed by atoms with Gasteiger partial charge in [0.15, 0.2) is 11.5 Å². The summed E-state index contributed by atoms with van der Waals surface area (Å²) in [5, 5.41) is 2.93. The van der Waals surface area contributed by atoms with Crippen LogP contribution in [0.1, 0.15) is 32.8 Å². The number of carbonyl (C=O) groups is 4. The number of benzene rings is 1. The van der Waals surface area contributed by atoms with Crippen molar-refractivity contribution in [1.29, 1.82) is 0 Å². The van der Waals surface area contributed by atoms with Gasteiger partial charge in [-0.15, -0.1) is 0 Å². The van der Waals surface area contributed by atoms with Gasteiger partial charge in [-0.05, 0) is 44.4 Å². The molecule has 1 atom stereocenters. The van der Waals surface area contributed by atoms with Crippen molar-refractivity contribution in [3.8, 4) is 11.5 Å². The molecule has 0 radical (unpaired) electrons. The predicted octanol–water partition coefficient (Wildman–Crippen LogP) is 2.99. The van der Waals surface area contributed by atoms with E-state index in [1.165, 1.54) is 19.2 Å². The molecule has 0 amide bonds. The standard InChI is InChI=1S/C22H31NO11/c1-5-11-31-20(25)32-12-10-23-16(19(24)28-4)13-15-8-9-17(33-21(26)29-6-2)18(14-15)34-22(27)30-7-3/h8-9,14,16,23H,5-7,10-13H2,1-4H3/t16-/m0/s1. The molecule has 0 fully saturated rings. The maximum Gasteiger partial charge on any atom is 0.513 e. The van der Waals surface area contributed by atoms with Gasteiger partial charge in [-0.2, -0.15) is 0 Å². The normalized spacial score (nSPS) is 11.1. The minimum Gasteiger partial charge on any atom is -0.468 e. The highest BCUT2D eigenvalue weighted by molar-refractivity contribution is 5.76. The zero-order chi connectivity index (χ0) is 25.3. The van der Waals surface area contributed by atoms with E-state index in [0.717, 1.165) is 0 Å². The summed E-state index contributed by atoms with van der Waals surface area (Å²) in [6.45, 7) is 5.62. The van der Waals surface area contributed by atoms with Crippen molar-refractivity contribution in [2.24, 2.45) is 0 Å². The Morgan fingerprint density at radius 2 is 1.44 bits per heavy atom. The number of rotatable bonds is 13. The monoisotopic (exact) mass is 485 g/mol. The first-order valence-corrected chi connectivity index (χ1v) is 10.8. The summed E-state index contributed by atoms with van der Waals surface area (Å²) in [5.74, 6) is -0.736. The zero-order valence-electron chi connectivity index (χ0n) is 19.7. The molecule has 0 aliphatic rings. The van der Waals surface area contributed by atoms with Crippen molar-refractivity contribution in [2.45, 2.75) is 39.7 Å². The Balaban J connectivity index is 2.90. The third-order valence-corrected chi connectivity index (χ3v) is 3.98. The Morgan fingerprint density at radius 3 is 2.03 bits per heavy atom. The van der Waals surface area contributed by atoms with E-state index < -0.39 is 30.5 Å². The zero-order valence-corrected chi connectivity index (χ0v) is 19.7. The van der Waals surface area contributed by atoms with Crippen molar-refractivity contribution in [3.05, 3.63) is 23.8 Å². The largest absolute Gasteiger partial charge is 0.513 e. The third kappa shape index (κ3) is 10.9. The van der Waals surface area contributed by atoms with Gasteiger partial charge in [-0.1, -0.05) is 13.0 Å². The first-order chi connectivity index (χ1) is 16.3. The van der Waals surface area contributed by atoms with Crippen LogP contribution in [0.5, 0.6) is 11.5 Å². The maximum atomic E-state index is 12.2. The predicted molar refractivity (Wildman–Crippen MR) is 117 cm³/mol. The Kier molecular flexibility index (Phi) is 13.5. The van der Waals surface area contributed by atoms with Gasteiger partial charge in [0.25, 0.3) is 0 Å². The van der Waals surface area contributed by atoms with Crippen LogP contribution < -0.4 is 14.8 Å². The van der Waals surface area contributed by atoms with E-state index in [0.29, 0.717) is 12.0 Å². The molecule has 0 aromatic heterocycles. The van der Waals surface area contributed by atoms with Gasteiger partial charge in [0, 0.05) is 6.54 Å². The second-order valence-electron chi connectivity index (χ2n) is 6.53. The maximum absolute atomic E-state index is 12.2. The molecule has 1 aromatic carbocycles. The van der Waals surface area contributed by atoms with Crippen LogP contribution in [0.3, 0.4) is 0 Å². The lowest BCUT2D eigenvalue weighted by atomic mass is 10.1. The molecule has 0 aliphatic carbocycles. The van der Waals surface area contributed by atoms with Gasteiger partial charge in [-0.25, -0.2) is 14.4 Å². The molecule has 190 valence electrons. The number of hydrogen-bond acceptors (Lipinski definition) is 12. The van der Waals surface area contributed by atoms with Gasteiger partial charge in [0.2, 0.25) is 0 Å². The Hall–Kier alpha value is -3.54. The highest BCUT2D eigenvalue weighted by Gasteiger charge is 2.22. The molecule has 0 saturated carbocycles. The Bertz CT molecular complexity index is 812. The fourth-order valence-corrected chi connectivity index (χ4v) is 2.53. The van der Waals surface area contributed by atoms with Crippen LogP contribution in [-0.4, -0.2) is 70.6 Å². The van der Waals surface area contributed by atoms with Gasteiger partial charge in [0.1, 0.15) is 12.6 Å². The number of ether oxygens (including phenoxy) is 7. The van der Waals surface area contributed by atoms with Crippen molar-refractivity contribution >= 4 is 24.4 Å². The van der Waals surface area contributed by atoms with E-state index in [9.17, 15) is 19.2 Å². The molecule has 34 heavy (non-hydrogen) atoms. The van der Waals surface area contributed by atoms with Crippen LogP contribution in [0.2, 0.25) is 0 Å². The fraction of sp³-hybridized carbons (Fsp3) is 0.545. The van der Waals surface area contributed by atoms with E-state index in [1.54, 1.807) is 19.9 Å². The summed E-state index contributed by atoms with van der Waals surface area (Å²) in [6, 6.07) is 3.57. The summed E-state index contributed by atoms with van der Waals surface area (Å²) in [5.41, 5.74) is 0.543. The van der Waals surface area contributed by atoms with Crippen LogP contribution in [0.4, 0.5) is 14.4 Å². The quantitative estimate of drug-likeness (QED) is 0.190. The minimum absolute atomic E-state index is 0.0282. The van der Waals surface area contributed by atoms with E-state index in [1.807, 2.05) is 6.92 Å². The molecule has 1 rings (SSSR count). The number of methoxy groups -OCH3 is 1. The first kappa shape index (κ1) is 28.5. The molecular weight excluding hydrogens is 454 g/mol. The van der Waals surface area contributed by atoms with E-state index in [-0.39, 0.29) is 50.9 Å². The van der Waals surface area contributed by atoms with E-state index in [2.05, 4.69) is 5.32 Å². The lowest BCUT2D eigenvalue weighted by molar-refractivity contribution is -0.143. The first-order valence-electron chi connectivity index (χ1n) is 10.8. The third-order valence-electron chi connectivity index (χ3n) is 3.98. The van der Waals surface area contributed by atoms with Crippen LogP contribution in [-0.2, 0) is 34.9 Å². The molecule has 0 spiro atoms. The second-order valence-corrected chi connectivity index (χ2v) is 6.53. The van der Waals surface area contributed by atoms with Crippen LogP contribution in [0.25, 0.3) is 0 Å². The van der Waals surface area contributed by atoms with Crippen LogP contribution >= 0.6 is 0 Å². The molecule has 0 bridgehead atoms. The summed E-state index contributed by atoms with van der Waals surface area (Å²) in [6.07, 6.45) is -1.98. The molecule has 1 aromatic rings. The number of esters is 1. The van der Waals surface area contributed by atoms with Crippen LogP contribution in [0, 0.1) is 0 Å². The molecule has 1 N–H and O–H groups in total.